The summed E-state index contributed by atoms with van der Waals surface area (Å²) in [4.78, 5) is 13.7. The molecule has 0 aliphatic rings. The highest BCUT2D eigenvalue weighted by Gasteiger charge is 2.01. The zero-order valence-electron chi connectivity index (χ0n) is 11.5. The summed E-state index contributed by atoms with van der Waals surface area (Å²) >= 11 is 3.39. The van der Waals surface area contributed by atoms with Crippen molar-refractivity contribution in [2.45, 2.75) is 6.54 Å². The van der Waals surface area contributed by atoms with Gasteiger partial charge >= 0.3 is 0 Å². The smallest absolute Gasteiger partial charge is 0.268 e. The molecule has 6 heteroatoms. The van der Waals surface area contributed by atoms with Crippen molar-refractivity contribution in [3.05, 3.63) is 51.4 Å². The van der Waals surface area contributed by atoms with Crippen LogP contribution in [0.2, 0.25) is 0 Å². The number of rotatable bonds is 5. The highest BCUT2D eigenvalue weighted by molar-refractivity contribution is 9.10. The third-order valence-corrected chi connectivity index (χ3v) is 3.40. The molecule has 0 spiro atoms. The standard InChI is InChI=1S/C14H17BrN4O/c1-18(2)13-9-14(20)19(17-10-13)8-7-16-12-5-3-11(15)4-6-12/h3-6,9-10,16H,7-8H2,1-2H3. The van der Waals surface area contributed by atoms with Gasteiger partial charge in [0, 0.05) is 36.9 Å². The molecule has 1 heterocycles. The number of nitrogens with zero attached hydrogens (tertiary/aromatic N) is 3. The second-order valence-corrected chi connectivity index (χ2v) is 5.52. The molecule has 0 radical (unpaired) electrons. The van der Waals surface area contributed by atoms with E-state index in [0.717, 1.165) is 15.8 Å². The Bertz CT molecular complexity index is 622. The van der Waals surface area contributed by atoms with E-state index in [2.05, 4.69) is 26.3 Å². The fourth-order valence-electron chi connectivity index (χ4n) is 1.71. The maximum Gasteiger partial charge on any atom is 0.268 e. The Labute approximate surface area is 126 Å². The van der Waals surface area contributed by atoms with E-state index in [1.807, 2.05) is 43.3 Å². The minimum Gasteiger partial charge on any atom is -0.383 e. The van der Waals surface area contributed by atoms with Gasteiger partial charge < -0.3 is 10.2 Å². The Hall–Kier alpha value is -1.82. The van der Waals surface area contributed by atoms with Crippen molar-refractivity contribution < 1.29 is 0 Å². The molecule has 0 aliphatic heterocycles. The summed E-state index contributed by atoms with van der Waals surface area (Å²) in [6.07, 6.45) is 1.70. The fourth-order valence-corrected chi connectivity index (χ4v) is 1.97. The second kappa shape index (κ2) is 6.56. The van der Waals surface area contributed by atoms with E-state index in [1.165, 1.54) is 4.68 Å². The lowest BCUT2D eigenvalue weighted by Crippen LogP contribution is -2.26. The van der Waals surface area contributed by atoms with Crippen molar-refractivity contribution in [1.82, 2.24) is 9.78 Å². The zero-order chi connectivity index (χ0) is 14.5. The predicted octanol–water partition coefficient (Wildman–Crippen LogP) is 2.18. The van der Waals surface area contributed by atoms with E-state index in [0.29, 0.717) is 13.1 Å². The quantitative estimate of drug-likeness (QED) is 0.909. The fraction of sp³-hybridized carbons (Fsp3) is 0.286. The van der Waals surface area contributed by atoms with Gasteiger partial charge in [0.25, 0.3) is 5.56 Å². The topological polar surface area (TPSA) is 50.2 Å². The predicted molar refractivity (Wildman–Crippen MR) is 85.5 cm³/mol. The van der Waals surface area contributed by atoms with Crippen LogP contribution in [-0.4, -0.2) is 30.4 Å². The van der Waals surface area contributed by atoms with Crippen LogP contribution in [0.4, 0.5) is 11.4 Å². The molecule has 0 amide bonds. The number of hydrogen-bond acceptors (Lipinski definition) is 4. The highest BCUT2D eigenvalue weighted by atomic mass is 79.9. The molecule has 0 unspecified atom stereocenters. The molecule has 0 fully saturated rings. The molecule has 106 valence electrons. The molecule has 2 rings (SSSR count). The minimum atomic E-state index is -0.0891. The van der Waals surface area contributed by atoms with Crippen LogP contribution >= 0.6 is 15.9 Å². The van der Waals surface area contributed by atoms with E-state index in [4.69, 9.17) is 0 Å². The molecule has 0 aliphatic carbocycles. The van der Waals surface area contributed by atoms with Gasteiger partial charge in [0.1, 0.15) is 0 Å². The first-order chi connectivity index (χ1) is 9.56. The first kappa shape index (κ1) is 14.6. The molecule has 2 aromatic rings. The van der Waals surface area contributed by atoms with Gasteiger partial charge in [-0.05, 0) is 24.3 Å². The van der Waals surface area contributed by atoms with Crippen LogP contribution in [0, 0.1) is 0 Å². The van der Waals surface area contributed by atoms with E-state index >= 15 is 0 Å². The largest absolute Gasteiger partial charge is 0.383 e. The molecule has 1 aromatic heterocycles. The van der Waals surface area contributed by atoms with Gasteiger partial charge in [-0.3, -0.25) is 4.79 Å². The molecule has 20 heavy (non-hydrogen) atoms. The van der Waals surface area contributed by atoms with E-state index in [1.54, 1.807) is 12.3 Å². The molecule has 1 N–H and O–H groups in total. The van der Waals surface area contributed by atoms with Crippen LogP contribution in [0.5, 0.6) is 0 Å². The van der Waals surface area contributed by atoms with Gasteiger partial charge in [-0.15, -0.1) is 0 Å². The molecule has 1 aromatic carbocycles. The molecule has 0 saturated carbocycles. The normalized spacial score (nSPS) is 10.3. The molecule has 0 bridgehead atoms. The zero-order valence-corrected chi connectivity index (χ0v) is 13.1. The highest BCUT2D eigenvalue weighted by Crippen LogP contribution is 2.13. The van der Waals surface area contributed by atoms with Crippen molar-refractivity contribution in [3.63, 3.8) is 0 Å². The molecular formula is C14H17BrN4O. The van der Waals surface area contributed by atoms with Gasteiger partial charge in [-0.2, -0.15) is 5.10 Å². The Kier molecular flexibility index (Phi) is 4.79. The van der Waals surface area contributed by atoms with Gasteiger partial charge in [-0.25, -0.2) is 4.68 Å². The number of nitrogens with one attached hydrogen (secondary N) is 1. The summed E-state index contributed by atoms with van der Waals surface area (Å²) in [5, 5.41) is 7.41. The minimum absolute atomic E-state index is 0.0891. The Morgan fingerprint density at radius 2 is 2.00 bits per heavy atom. The third kappa shape index (κ3) is 3.84. The van der Waals surface area contributed by atoms with E-state index in [9.17, 15) is 4.79 Å². The van der Waals surface area contributed by atoms with Gasteiger partial charge in [0.2, 0.25) is 0 Å². The summed E-state index contributed by atoms with van der Waals surface area (Å²) in [6, 6.07) is 9.49. The second-order valence-electron chi connectivity index (χ2n) is 4.60. The Morgan fingerprint density at radius 1 is 1.30 bits per heavy atom. The van der Waals surface area contributed by atoms with E-state index in [-0.39, 0.29) is 5.56 Å². The van der Waals surface area contributed by atoms with Gasteiger partial charge in [0.15, 0.2) is 0 Å². The lowest BCUT2D eigenvalue weighted by molar-refractivity contribution is 0.597. The third-order valence-electron chi connectivity index (χ3n) is 2.87. The number of aromatic nitrogens is 2. The lowest BCUT2D eigenvalue weighted by Gasteiger charge is -2.12. The Balaban J connectivity index is 1.94. The molecule has 0 atom stereocenters. The first-order valence-electron chi connectivity index (χ1n) is 6.30. The van der Waals surface area contributed by atoms with Gasteiger partial charge in [-0.1, -0.05) is 15.9 Å². The summed E-state index contributed by atoms with van der Waals surface area (Å²) < 4.78 is 2.50. The maximum atomic E-state index is 11.9. The monoisotopic (exact) mass is 336 g/mol. The van der Waals surface area contributed by atoms with Gasteiger partial charge in [0.05, 0.1) is 18.4 Å². The lowest BCUT2D eigenvalue weighted by atomic mass is 10.3. The SMILES string of the molecule is CN(C)c1cnn(CCNc2ccc(Br)cc2)c(=O)c1. The molecular weight excluding hydrogens is 320 g/mol. The van der Waals surface area contributed by atoms with Crippen molar-refractivity contribution in [3.8, 4) is 0 Å². The maximum absolute atomic E-state index is 11.9. The average Bonchev–Trinajstić information content (AvgIpc) is 2.42. The van der Waals surface area contributed by atoms with Crippen molar-refractivity contribution in [2.75, 3.05) is 30.9 Å². The first-order valence-corrected chi connectivity index (χ1v) is 7.09. The van der Waals surface area contributed by atoms with Crippen LogP contribution in [0.15, 0.2) is 45.8 Å². The van der Waals surface area contributed by atoms with Crippen molar-refractivity contribution in [1.29, 1.82) is 0 Å². The number of anilines is 2. The average molecular weight is 337 g/mol. The number of hydrogen-bond donors (Lipinski definition) is 1. The van der Waals surface area contributed by atoms with Crippen LogP contribution in [0.25, 0.3) is 0 Å². The van der Waals surface area contributed by atoms with Crippen LogP contribution < -0.4 is 15.8 Å². The summed E-state index contributed by atoms with van der Waals surface area (Å²) in [5.74, 6) is 0. The summed E-state index contributed by atoms with van der Waals surface area (Å²) in [5.41, 5.74) is 1.74. The van der Waals surface area contributed by atoms with Crippen molar-refractivity contribution >= 4 is 27.3 Å². The van der Waals surface area contributed by atoms with Crippen LogP contribution in [0.1, 0.15) is 0 Å². The molecule has 5 nitrogen and oxygen atoms in total. The Morgan fingerprint density at radius 3 is 2.60 bits per heavy atom. The number of benzene rings is 1. The van der Waals surface area contributed by atoms with Crippen LogP contribution in [0.3, 0.4) is 0 Å². The summed E-state index contributed by atoms with van der Waals surface area (Å²) in [6.45, 7) is 1.18. The van der Waals surface area contributed by atoms with E-state index < -0.39 is 0 Å². The van der Waals surface area contributed by atoms with Crippen LogP contribution in [-0.2, 0) is 6.54 Å². The van der Waals surface area contributed by atoms with Crippen molar-refractivity contribution in [2.24, 2.45) is 0 Å². The summed E-state index contributed by atoms with van der Waals surface area (Å²) in [7, 11) is 3.77. The molecule has 0 saturated heterocycles. The number of halogens is 1.